The first-order valence-electron chi connectivity index (χ1n) is 5.53. The molecule has 100 valence electrons. The highest BCUT2D eigenvalue weighted by Gasteiger charge is 2.19. The van der Waals surface area contributed by atoms with Crippen molar-refractivity contribution in [3.63, 3.8) is 0 Å². The second-order valence-corrected chi connectivity index (χ2v) is 6.64. The summed E-state index contributed by atoms with van der Waals surface area (Å²) in [5, 5.41) is 0. The molecule has 0 bridgehead atoms. The predicted molar refractivity (Wildman–Crippen MR) is 80.5 cm³/mol. The van der Waals surface area contributed by atoms with Gasteiger partial charge in [0.1, 0.15) is 4.90 Å². The van der Waals surface area contributed by atoms with Gasteiger partial charge in [0.25, 0.3) is 10.0 Å². The Balaban J connectivity index is 2.41. The number of anilines is 2. The minimum Gasteiger partial charge on any atom is -0.398 e. The molecule has 0 fully saturated rings. The summed E-state index contributed by atoms with van der Waals surface area (Å²) in [7, 11) is -3.68. The molecule has 0 aliphatic heterocycles. The summed E-state index contributed by atoms with van der Waals surface area (Å²) in [6.45, 7) is 1.71. The number of hydrogen-bond acceptors (Lipinski definition) is 3. The zero-order valence-electron chi connectivity index (χ0n) is 10.2. The van der Waals surface area contributed by atoms with Gasteiger partial charge in [-0.1, -0.05) is 28.1 Å². The first-order chi connectivity index (χ1) is 8.90. The molecule has 2 aromatic carbocycles. The third-order valence-electron chi connectivity index (χ3n) is 2.61. The lowest BCUT2D eigenvalue weighted by Crippen LogP contribution is -2.16. The van der Waals surface area contributed by atoms with Gasteiger partial charge in [-0.2, -0.15) is 0 Å². The fourth-order valence-electron chi connectivity index (χ4n) is 1.77. The molecule has 6 heteroatoms. The van der Waals surface area contributed by atoms with E-state index in [1.807, 2.05) is 0 Å². The van der Waals surface area contributed by atoms with Crippen LogP contribution < -0.4 is 10.5 Å². The van der Waals surface area contributed by atoms with E-state index in [2.05, 4.69) is 20.7 Å². The van der Waals surface area contributed by atoms with E-state index in [4.69, 9.17) is 5.73 Å². The van der Waals surface area contributed by atoms with Crippen molar-refractivity contribution in [1.82, 2.24) is 0 Å². The fourth-order valence-corrected chi connectivity index (χ4v) is 3.45. The molecule has 0 amide bonds. The van der Waals surface area contributed by atoms with Gasteiger partial charge in [-0.05, 0) is 42.8 Å². The molecule has 0 aliphatic carbocycles. The van der Waals surface area contributed by atoms with Gasteiger partial charge in [-0.25, -0.2) is 8.42 Å². The molecule has 0 heterocycles. The standard InChI is InChI=1S/C13H13BrN2O2S/c1-9-3-2-4-12(15)13(9)19(17,18)16-11-7-5-10(14)6-8-11/h2-8,16H,15H2,1H3. The van der Waals surface area contributed by atoms with E-state index < -0.39 is 10.0 Å². The molecule has 0 aliphatic rings. The van der Waals surface area contributed by atoms with Crippen molar-refractivity contribution in [2.45, 2.75) is 11.8 Å². The van der Waals surface area contributed by atoms with Gasteiger partial charge < -0.3 is 5.73 Å². The smallest absolute Gasteiger partial charge is 0.264 e. The summed E-state index contributed by atoms with van der Waals surface area (Å²) in [4.78, 5) is 0.123. The zero-order valence-corrected chi connectivity index (χ0v) is 12.6. The van der Waals surface area contributed by atoms with Gasteiger partial charge in [0.2, 0.25) is 0 Å². The van der Waals surface area contributed by atoms with Crippen LogP contribution in [0.5, 0.6) is 0 Å². The van der Waals surface area contributed by atoms with Crippen LogP contribution in [0.25, 0.3) is 0 Å². The Morgan fingerprint density at radius 1 is 1.11 bits per heavy atom. The van der Waals surface area contributed by atoms with Crippen LogP contribution in [0.2, 0.25) is 0 Å². The first-order valence-corrected chi connectivity index (χ1v) is 7.81. The maximum absolute atomic E-state index is 12.3. The highest BCUT2D eigenvalue weighted by atomic mass is 79.9. The van der Waals surface area contributed by atoms with E-state index in [9.17, 15) is 8.42 Å². The Bertz CT molecular complexity index is 677. The van der Waals surface area contributed by atoms with Gasteiger partial charge >= 0.3 is 0 Å². The quantitative estimate of drug-likeness (QED) is 0.843. The lowest BCUT2D eigenvalue weighted by Gasteiger charge is -2.12. The van der Waals surface area contributed by atoms with Crippen LogP contribution in [0.3, 0.4) is 0 Å². The largest absolute Gasteiger partial charge is 0.398 e. The fraction of sp³-hybridized carbons (Fsp3) is 0.0769. The van der Waals surface area contributed by atoms with Crippen LogP contribution in [-0.2, 0) is 10.0 Å². The molecule has 0 spiro atoms. The van der Waals surface area contributed by atoms with E-state index in [1.165, 1.54) is 0 Å². The summed E-state index contributed by atoms with van der Waals surface area (Å²) in [5.41, 5.74) is 7.11. The van der Waals surface area contributed by atoms with Gasteiger partial charge in [0.15, 0.2) is 0 Å². The number of nitrogens with two attached hydrogens (primary N) is 1. The molecular formula is C13H13BrN2O2S. The molecule has 0 aromatic heterocycles. The topological polar surface area (TPSA) is 72.2 Å². The molecule has 2 aromatic rings. The van der Waals surface area contributed by atoms with Crippen LogP contribution in [0.15, 0.2) is 51.8 Å². The maximum atomic E-state index is 12.3. The van der Waals surface area contributed by atoms with Crippen molar-refractivity contribution in [1.29, 1.82) is 0 Å². The molecule has 0 radical (unpaired) electrons. The molecule has 4 nitrogen and oxygen atoms in total. The van der Waals surface area contributed by atoms with Crippen molar-refractivity contribution < 1.29 is 8.42 Å². The third kappa shape index (κ3) is 3.08. The van der Waals surface area contributed by atoms with Gasteiger partial charge in [-0.15, -0.1) is 0 Å². The Labute approximate surface area is 120 Å². The number of nitrogens with one attached hydrogen (secondary N) is 1. The molecule has 19 heavy (non-hydrogen) atoms. The SMILES string of the molecule is Cc1cccc(N)c1S(=O)(=O)Nc1ccc(Br)cc1. The lowest BCUT2D eigenvalue weighted by atomic mass is 10.2. The normalized spacial score (nSPS) is 11.3. The van der Waals surface area contributed by atoms with Crippen molar-refractivity contribution in [2.75, 3.05) is 10.5 Å². The maximum Gasteiger partial charge on any atom is 0.264 e. The highest BCUT2D eigenvalue weighted by molar-refractivity contribution is 9.10. The Hall–Kier alpha value is -1.53. The number of hydrogen-bond donors (Lipinski definition) is 2. The summed E-state index contributed by atoms with van der Waals surface area (Å²) >= 11 is 3.30. The summed E-state index contributed by atoms with van der Waals surface area (Å²) in [6.07, 6.45) is 0. The van der Waals surface area contributed by atoms with Gasteiger partial charge in [-0.3, -0.25) is 4.72 Å². The molecule has 0 atom stereocenters. The number of benzene rings is 2. The van der Waals surface area contributed by atoms with Gasteiger partial charge in [0.05, 0.1) is 5.69 Å². The minimum absolute atomic E-state index is 0.123. The second-order valence-electron chi connectivity index (χ2n) is 4.11. The van der Waals surface area contributed by atoms with Crippen LogP contribution in [-0.4, -0.2) is 8.42 Å². The van der Waals surface area contributed by atoms with E-state index >= 15 is 0 Å². The van der Waals surface area contributed by atoms with Gasteiger partial charge in [0, 0.05) is 10.2 Å². The first kappa shape index (κ1) is 13.9. The molecule has 3 N–H and O–H groups in total. The number of nitrogen functional groups attached to an aromatic ring is 1. The van der Waals surface area contributed by atoms with Crippen molar-refractivity contribution in [3.8, 4) is 0 Å². The number of aryl methyl sites for hydroxylation is 1. The number of rotatable bonds is 3. The predicted octanol–water partition coefficient (Wildman–Crippen LogP) is 3.14. The molecule has 0 unspecified atom stereocenters. The van der Waals surface area contributed by atoms with Crippen molar-refractivity contribution in [2.24, 2.45) is 0 Å². The minimum atomic E-state index is -3.68. The summed E-state index contributed by atoms with van der Waals surface area (Å²) < 4.78 is 28.0. The zero-order chi connectivity index (χ0) is 14.0. The Morgan fingerprint density at radius 3 is 2.32 bits per heavy atom. The lowest BCUT2D eigenvalue weighted by molar-refractivity contribution is 0.601. The highest BCUT2D eigenvalue weighted by Crippen LogP contribution is 2.25. The second kappa shape index (κ2) is 5.22. The molecule has 0 saturated carbocycles. The van der Waals surface area contributed by atoms with Crippen LogP contribution >= 0.6 is 15.9 Å². The van der Waals surface area contributed by atoms with E-state index in [0.29, 0.717) is 11.3 Å². The van der Waals surface area contributed by atoms with E-state index in [-0.39, 0.29) is 10.6 Å². The van der Waals surface area contributed by atoms with Crippen LogP contribution in [0.4, 0.5) is 11.4 Å². The Morgan fingerprint density at radius 2 is 1.74 bits per heavy atom. The monoisotopic (exact) mass is 340 g/mol. The van der Waals surface area contributed by atoms with E-state index in [1.54, 1.807) is 49.4 Å². The van der Waals surface area contributed by atoms with Crippen molar-refractivity contribution in [3.05, 3.63) is 52.5 Å². The summed E-state index contributed by atoms with van der Waals surface area (Å²) in [5.74, 6) is 0. The molecular weight excluding hydrogens is 328 g/mol. The third-order valence-corrected chi connectivity index (χ3v) is 4.74. The summed E-state index contributed by atoms with van der Waals surface area (Å²) in [6, 6.07) is 11.9. The van der Waals surface area contributed by atoms with Crippen molar-refractivity contribution >= 4 is 37.3 Å². The molecule has 2 rings (SSSR count). The Kier molecular flexibility index (Phi) is 3.82. The molecule has 0 saturated heterocycles. The number of halogens is 1. The van der Waals surface area contributed by atoms with E-state index in [0.717, 1.165) is 4.47 Å². The number of sulfonamides is 1. The van der Waals surface area contributed by atoms with Crippen LogP contribution in [0, 0.1) is 6.92 Å². The van der Waals surface area contributed by atoms with Crippen LogP contribution in [0.1, 0.15) is 5.56 Å². The average molecular weight is 341 g/mol. The average Bonchev–Trinajstić information content (AvgIpc) is 2.31.